The van der Waals surface area contributed by atoms with Crippen LogP contribution in [0.3, 0.4) is 0 Å². The Bertz CT molecular complexity index is 921. The van der Waals surface area contributed by atoms with E-state index in [1.165, 1.54) is 0 Å². The van der Waals surface area contributed by atoms with Crippen LogP contribution in [0.5, 0.6) is 0 Å². The van der Waals surface area contributed by atoms with Crippen molar-refractivity contribution >= 4 is 17.0 Å². The molecule has 1 fully saturated rings. The van der Waals surface area contributed by atoms with Crippen LogP contribution in [0.4, 0.5) is 5.95 Å². The number of aromatic nitrogens is 3. The molecule has 2 N–H and O–H groups in total. The van der Waals surface area contributed by atoms with Crippen molar-refractivity contribution in [2.75, 3.05) is 24.5 Å². The van der Waals surface area contributed by atoms with Gasteiger partial charge in [-0.05, 0) is 43.1 Å². The van der Waals surface area contributed by atoms with Gasteiger partial charge in [0, 0.05) is 19.3 Å². The van der Waals surface area contributed by atoms with E-state index >= 15 is 0 Å². The fraction of sp³-hybridized carbons (Fsp3) is 0.316. The van der Waals surface area contributed by atoms with Gasteiger partial charge in [0.25, 0.3) is 0 Å². The normalized spacial score (nSPS) is 17.1. The lowest BCUT2D eigenvalue weighted by Gasteiger charge is -2.19. The second-order valence-corrected chi connectivity index (χ2v) is 6.47. The van der Waals surface area contributed by atoms with Crippen molar-refractivity contribution < 1.29 is 0 Å². The SMILES string of the molecule is N#Cc1ccc(Cn2c(N3CCC(CN)C3)nc3ccccc32)nc1. The number of nitriles is 1. The maximum atomic E-state index is 8.94. The van der Waals surface area contributed by atoms with E-state index in [0.29, 0.717) is 24.6 Å². The lowest BCUT2D eigenvalue weighted by molar-refractivity contribution is 0.600. The highest BCUT2D eigenvalue weighted by atomic mass is 15.3. The first-order chi connectivity index (χ1) is 12.3. The molecule has 1 aromatic carbocycles. The third kappa shape index (κ3) is 2.94. The van der Waals surface area contributed by atoms with Crippen LogP contribution in [-0.4, -0.2) is 34.2 Å². The Morgan fingerprint density at radius 3 is 2.84 bits per heavy atom. The van der Waals surface area contributed by atoms with Gasteiger partial charge in [0.15, 0.2) is 0 Å². The Hall–Kier alpha value is -2.91. The molecule has 1 atom stereocenters. The zero-order valence-electron chi connectivity index (χ0n) is 14.0. The van der Waals surface area contributed by atoms with Gasteiger partial charge in [-0.1, -0.05) is 12.1 Å². The average molecular weight is 332 g/mol. The zero-order chi connectivity index (χ0) is 17.2. The Morgan fingerprint density at radius 1 is 1.24 bits per heavy atom. The first-order valence-corrected chi connectivity index (χ1v) is 8.54. The number of anilines is 1. The lowest BCUT2D eigenvalue weighted by atomic mass is 10.1. The van der Waals surface area contributed by atoms with Crippen LogP contribution in [0.15, 0.2) is 42.6 Å². The van der Waals surface area contributed by atoms with E-state index in [-0.39, 0.29) is 0 Å². The third-order valence-corrected chi connectivity index (χ3v) is 4.81. The number of hydrogen-bond donors (Lipinski definition) is 1. The Labute approximate surface area is 146 Å². The van der Waals surface area contributed by atoms with Gasteiger partial charge >= 0.3 is 0 Å². The predicted octanol–water partition coefficient (Wildman–Crippen LogP) is 2.14. The molecule has 0 aliphatic carbocycles. The molecule has 1 aliphatic rings. The van der Waals surface area contributed by atoms with Crippen molar-refractivity contribution in [2.45, 2.75) is 13.0 Å². The smallest absolute Gasteiger partial charge is 0.206 e. The fourth-order valence-corrected chi connectivity index (χ4v) is 3.41. The molecule has 6 nitrogen and oxygen atoms in total. The highest BCUT2D eigenvalue weighted by Gasteiger charge is 2.26. The topological polar surface area (TPSA) is 83.8 Å². The van der Waals surface area contributed by atoms with Crippen molar-refractivity contribution in [3.05, 3.63) is 53.9 Å². The quantitative estimate of drug-likeness (QED) is 0.791. The molecule has 0 spiro atoms. The number of pyridine rings is 1. The number of para-hydroxylation sites is 2. The summed E-state index contributed by atoms with van der Waals surface area (Å²) in [6, 6.07) is 14.0. The Balaban J connectivity index is 1.72. The van der Waals surface area contributed by atoms with Crippen LogP contribution in [0.1, 0.15) is 17.7 Å². The second kappa shape index (κ2) is 6.54. The number of nitrogens with zero attached hydrogens (tertiary/aromatic N) is 5. The zero-order valence-corrected chi connectivity index (χ0v) is 14.0. The molecular weight excluding hydrogens is 312 g/mol. The maximum Gasteiger partial charge on any atom is 0.206 e. The van der Waals surface area contributed by atoms with Crippen LogP contribution < -0.4 is 10.6 Å². The number of imidazole rings is 1. The van der Waals surface area contributed by atoms with Gasteiger partial charge in [-0.2, -0.15) is 5.26 Å². The van der Waals surface area contributed by atoms with E-state index in [9.17, 15) is 0 Å². The molecule has 2 aromatic heterocycles. The van der Waals surface area contributed by atoms with Gasteiger partial charge in [0.2, 0.25) is 5.95 Å². The first-order valence-electron chi connectivity index (χ1n) is 8.54. The number of fused-ring (bicyclic) bond motifs is 1. The van der Waals surface area contributed by atoms with E-state index in [1.807, 2.05) is 24.3 Å². The molecular formula is C19H20N6. The summed E-state index contributed by atoms with van der Waals surface area (Å²) >= 11 is 0. The third-order valence-electron chi connectivity index (χ3n) is 4.81. The largest absolute Gasteiger partial charge is 0.342 e. The number of benzene rings is 1. The van der Waals surface area contributed by atoms with E-state index in [0.717, 1.165) is 42.2 Å². The Morgan fingerprint density at radius 2 is 2.12 bits per heavy atom. The molecule has 0 radical (unpaired) electrons. The van der Waals surface area contributed by atoms with Crippen LogP contribution in [-0.2, 0) is 6.54 Å². The lowest BCUT2D eigenvalue weighted by Crippen LogP contribution is -2.25. The molecule has 1 saturated heterocycles. The van der Waals surface area contributed by atoms with Crippen molar-refractivity contribution in [3.63, 3.8) is 0 Å². The van der Waals surface area contributed by atoms with Crippen molar-refractivity contribution in [2.24, 2.45) is 11.7 Å². The minimum Gasteiger partial charge on any atom is -0.342 e. The molecule has 4 rings (SSSR count). The first kappa shape index (κ1) is 15.6. The predicted molar refractivity (Wildman–Crippen MR) is 97.2 cm³/mol. The van der Waals surface area contributed by atoms with E-state index in [4.69, 9.17) is 16.0 Å². The molecule has 25 heavy (non-hydrogen) atoms. The minimum atomic E-state index is 0.529. The van der Waals surface area contributed by atoms with E-state index in [1.54, 1.807) is 12.3 Å². The number of nitrogens with two attached hydrogens (primary N) is 1. The summed E-state index contributed by atoms with van der Waals surface area (Å²) in [6.45, 7) is 3.27. The van der Waals surface area contributed by atoms with Gasteiger partial charge in [0.1, 0.15) is 6.07 Å². The highest BCUT2D eigenvalue weighted by molar-refractivity contribution is 5.79. The van der Waals surface area contributed by atoms with E-state index < -0.39 is 0 Å². The summed E-state index contributed by atoms with van der Waals surface area (Å²) in [6.07, 6.45) is 2.73. The molecule has 0 amide bonds. The molecule has 3 aromatic rings. The van der Waals surface area contributed by atoms with Crippen molar-refractivity contribution in [3.8, 4) is 6.07 Å². The standard InChI is InChI=1S/C19H20N6/c20-9-14-5-6-16(22-11-14)13-25-18-4-2-1-3-17(18)23-19(25)24-8-7-15(10-21)12-24/h1-6,11,15H,7-8,10,12-13,21H2. The van der Waals surface area contributed by atoms with E-state index in [2.05, 4.69) is 26.6 Å². The summed E-state index contributed by atoms with van der Waals surface area (Å²) in [5.41, 5.74) is 9.42. The summed E-state index contributed by atoms with van der Waals surface area (Å²) in [5, 5.41) is 8.94. The van der Waals surface area contributed by atoms with Gasteiger partial charge in [-0.3, -0.25) is 4.98 Å². The number of hydrogen-bond acceptors (Lipinski definition) is 5. The second-order valence-electron chi connectivity index (χ2n) is 6.47. The molecule has 126 valence electrons. The van der Waals surface area contributed by atoms with Crippen molar-refractivity contribution in [1.29, 1.82) is 5.26 Å². The van der Waals surface area contributed by atoms with Crippen LogP contribution >= 0.6 is 0 Å². The maximum absolute atomic E-state index is 8.94. The van der Waals surface area contributed by atoms with Crippen LogP contribution in [0.2, 0.25) is 0 Å². The van der Waals surface area contributed by atoms with Gasteiger partial charge in [-0.25, -0.2) is 4.98 Å². The fourth-order valence-electron chi connectivity index (χ4n) is 3.41. The molecule has 1 aliphatic heterocycles. The summed E-state index contributed by atoms with van der Waals surface area (Å²) in [4.78, 5) is 11.6. The molecule has 6 heteroatoms. The summed E-state index contributed by atoms with van der Waals surface area (Å²) in [7, 11) is 0. The van der Waals surface area contributed by atoms with Crippen LogP contribution in [0, 0.1) is 17.2 Å². The monoisotopic (exact) mass is 332 g/mol. The molecule has 1 unspecified atom stereocenters. The van der Waals surface area contributed by atoms with Gasteiger partial charge in [0.05, 0.1) is 28.8 Å². The summed E-state index contributed by atoms with van der Waals surface area (Å²) in [5.74, 6) is 1.50. The molecule has 0 bridgehead atoms. The number of rotatable bonds is 4. The average Bonchev–Trinajstić information content (AvgIpc) is 3.27. The molecule has 0 saturated carbocycles. The Kier molecular flexibility index (Phi) is 4.08. The molecule has 3 heterocycles. The van der Waals surface area contributed by atoms with Crippen LogP contribution in [0.25, 0.3) is 11.0 Å². The van der Waals surface area contributed by atoms with Crippen molar-refractivity contribution in [1.82, 2.24) is 14.5 Å². The highest BCUT2D eigenvalue weighted by Crippen LogP contribution is 2.27. The summed E-state index contributed by atoms with van der Waals surface area (Å²) < 4.78 is 2.21. The van der Waals surface area contributed by atoms with Gasteiger partial charge < -0.3 is 15.2 Å². The van der Waals surface area contributed by atoms with Gasteiger partial charge in [-0.15, -0.1) is 0 Å². The minimum absolute atomic E-state index is 0.529.